The highest BCUT2D eigenvalue weighted by Crippen LogP contribution is 2.25. The first-order valence-electron chi connectivity index (χ1n) is 4.37. The lowest BCUT2D eigenvalue weighted by Crippen LogP contribution is -1.76. The van der Waals surface area contributed by atoms with Crippen LogP contribution in [-0.4, -0.2) is 0 Å². The predicted molar refractivity (Wildman–Crippen MR) is 53.6 cm³/mol. The van der Waals surface area contributed by atoms with Gasteiger partial charge in [0, 0.05) is 5.56 Å². The topological polar surface area (TPSA) is 36.9 Å². The van der Waals surface area contributed by atoms with Gasteiger partial charge in [-0.15, -0.1) is 0 Å². The zero-order valence-corrected chi connectivity index (χ0v) is 7.82. The summed E-state index contributed by atoms with van der Waals surface area (Å²) in [7, 11) is 0. The summed E-state index contributed by atoms with van der Waals surface area (Å²) in [6.07, 6.45) is 0. The van der Waals surface area contributed by atoms with E-state index in [1.165, 1.54) is 0 Å². The first-order chi connectivity index (χ1) is 6.81. The summed E-state index contributed by atoms with van der Waals surface area (Å²) in [5.74, 6) is 1.42. The minimum atomic E-state index is 0.591. The average Bonchev–Trinajstić information content (AvgIpc) is 2.61. The molecular weight excluding hydrogens is 174 g/mol. The van der Waals surface area contributed by atoms with E-state index in [0.717, 1.165) is 11.3 Å². The molecule has 1 heterocycles. The molecule has 0 saturated carbocycles. The molecule has 0 aliphatic rings. The third kappa shape index (κ3) is 1.40. The lowest BCUT2D eigenvalue weighted by Gasteiger charge is -1.95. The summed E-state index contributed by atoms with van der Waals surface area (Å²) in [5, 5.41) is 8.88. The molecule has 2 heteroatoms. The van der Waals surface area contributed by atoms with Crippen molar-refractivity contribution in [3.8, 4) is 17.4 Å². The second kappa shape index (κ2) is 3.39. The quantitative estimate of drug-likeness (QED) is 0.681. The van der Waals surface area contributed by atoms with Gasteiger partial charge in [0.05, 0.1) is 5.56 Å². The molecule has 0 saturated heterocycles. The van der Waals surface area contributed by atoms with Gasteiger partial charge < -0.3 is 4.42 Å². The minimum absolute atomic E-state index is 0.591. The van der Waals surface area contributed by atoms with E-state index in [1.807, 2.05) is 37.3 Å². The van der Waals surface area contributed by atoms with E-state index in [-0.39, 0.29) is 0 Å². The van der Waals surface area contributed by atoms with Crippen LogP contribution in [0.25, 0.3) is 11.3 Å². The molecule has 0 aliphatic carbocycles. The summed E-state index contributed by atoms with van der Waals surface area (Å²) in [6, 6.07) is 13.5. The lowest BCUT2D eigenvalue weighted by atomic mass is 10.1. The van der Waals surface area contributed by atoms with Crippen LogP contribution in [0.2, 0.25) is 0 Å². The number of nitrogens with zero attached hydrogens (tertiary/aromatic N) is 1. The minimum Gasteiger partial charge on any atom is -0.460 e. The summed E-state index contributed by atoms with van der Waals surface area (Å²) in [4.78, 5) is 0. The van der Waals surface area contributed by atoms with Crippen LogP contribution in [-0.2, 0) is 0 Å². The van der Waals surface area contributed by atoms with Crippen molar-refractivity contribution >= 4 is 0 Å². The van der Waals surface area contributed by atoms with E-state index in [2.05, 4.69) is 6.07 Å². The number of benzene rings is 1. The summed E-state index contributed by atoms with van der Waals surface area (Å²) >= 11 is 0. The molecule has 0 bridgehead atoms. The normalized spacial score (nSPS) is 9.71. The maximum absolute atomic E-state index is 8.88. The fourth-order valence-corrected chi connectivity index (χ4v) is 1.40. The number of hydrogen-bond donors (Lipinski definition) is 0. The summed E-state index contributed by atoms with van der Waals surface area (Å²) in [5.41, 5.74) is 1.53. The highest BCUT2D eigenvalue weighted by atomic mass is 16.3. The molecule has 0 fully saturated rings. The Morgan fingerprint density at radius 1 is 1.21 bits per heavy atom. The second-order valence-corrected chi connectivity index (χ2v) is 3.08. The van der Waals surface area contributed by atoms with Crippen LogP contribution >= 0.6 is 0 Å². The van der Waals surface area contributed by atoms with Crippen LogP contribution in [0.5, 0.6) is 0 Å². The molecule has 2 aromatic rings. The molecule has 2 nitrogen and oxygen atoms in total. The molecule has 0 amide bonds. The maximum atomic E-state index is 8.88. The molecule has 1 aromatic heterocycles. The molecule has 0 aliphatic heterocycles. The molecule has 0 radical (unpaired) electrons. The maximum Gasteiger partial charge on any atom is 0.152 e. The Hall–Kier alpha value is -2.01. The van der Waals surface area contributed by atoms with Gasteiger partial charge in [-0.05, 0) is 13.0 Å². The number of furan rings is 1. The van der Waals surface area contributed by atoms with Crippen molar-refractivity contribution in [2.45, 2.75) is 6.92 Å². The smallest absolute Gasteiger partial charge is 0.152 e. The fraction of sp³-hybridized carbons (Fsp3) is 0.0833. The van der Waals surface area contributed by atoms with Gasteiger partial charge in [-0.2, -0.15) is 5.26 Å². The second-order valence-electron chi connectivity index (χ2n) is 3.08. The Bertz CT molecular complexity index is 477. The van der Waals surface area contributed by atoms with Crippen molar-refractivity contribution in [1.29, 1.82) is 5.26 Å². The first kappa shape index (κ1) is 8.58. The first-order valence-corrected chi connectivity index (χ1v) is 4.37. The monoisotopic (exact) mass is 183 g/mol. The third-order valence-electron chi connectivity index (χ3n) is 2.01. The van der Waals surface area contributed by atoms with Crippen LogP contribution in [0.4, 0.5) is 0 Å². The summed E-state index contributed by atoms with van der Waals surface area (Å²) in [6.45, 7) is 1.84. The largest absolute Gasteiger partial charge is 0.460 e. The van der Waals surface area contributed by atoms with Gasteiger partial charge in [0.15, 0.2) is 5.76 Å². The Kier molecular flexibility index (Phi) is 2.08. The standard InChI is InChI=1S/C12H9NO/c1-9-7-11(8-13)12(14-9)10-5-3-2-4-6-10/h2-7H,1H3. The number of nitriles is 1. The number of aryl methyl sites for hydroxylation is 1. The van der Waals surface area contributed by atoms with Gasteiger partial charge in [0.1, 0.15) is 11.8 Å². The average molecular weight is 183 g/mol. The van der Waals surface area contributed by atoms with Crippen LogP contribution in [0.3, 0.4) is 0 Å². The van der Waals surface area contributed by atoms with Gasteiger partial charge in [0.25, 0.3) is 0 Å². The Morgan fingerprint density at radius 2 is 1.93 bits per heavy atom. The van der Waals surface area contributed by atoms with Gasteiger partial charge in [0.2, 0.25) is 0 Å². The van der Waals surface area contributed by atoms with Crippen LogP contribution in [0.15, 0.2) is 40.8 Å². The Morgan fingerprint density at radius 3 is 2.57 bits per heavy atom. The highest BCUT2D eigenvalue weighted by molar-refractivity contribution is 5.65. The van der Waals surface area contributed by atoms with Gasteiger partial charge >= 0.3 is 0 Å². The SMILES string of the molecule is Cc1cc(C#N)c(-c2ccccc2)o1. The van der Waals surface area contributed by atoms with E-state index < -0.39 is 0 Å². The van der Waals surface area contributed by atoms with Crippen molar-refractivity contribution < 1.29 is 4.42 Å². The zero-order chi connectivity index (χ0) is 9.97. The third-order valence-corrected chi connectivity index (χ3v) is 2.01. The number of hydrogen-bond acceptors (Lipinski definition) is 2. The van der Waals surface area contributed by atoms with Gasteiger partial charge in [-0.3, -0.25) is 0 Å². The van der Waals surface area contributed by atoms with Crippen molar-refractivity contribution in [1.82, 2.24) is 0 Å². The zero-order valence-electron chi connectivity index (χ0n) is 7.82. The Balaban J connectivity index is 2.58. The Labute approximate surface area is 82.4 Å². The molecule has 0 N–H and O–H groups in total. The van der Waals surface area contributed by atoms with Crippen molar-refractivity contribution in [2.75, 3.05) is 0 Å². The molecule has 14 heavy (non-hydrogen) atoms. The van der Waals surface area contributed by atoms with Crippen LogP contribution in [0, 0.1) is 18.3 Å². The molecule has 0 atom stereocenters. The fourth-order valence-electron chi connectivity index (χ4n) is 1.40. The van der Waals surface area contributed by atoms with E-state index in [9.17, 15) is 0 Å². The molecule has 2 rings (SSSR count). The highest BCUT2D eigenvalue weighted by Gasteiger charge is 2.09. The van der Waals surface area contributed by atoms with Crippen molar-refractivity contribution in [2.24, 2.45) is 0 Å². The number of rotatable bonds is 1. The van der Waals surface area contributed by atoms with Crippen molar-refractivity contribution in [3.05, 3.63) is 47.7 Å². The van der Waals surface area contributed by atoms with E-state index in [0.29, 0.717) is 11.3 Å². The van der Waals surface area contributed by atoms with Gasteiger partial charge in [-0.1, -0.05) is 30.3 Å². The van der Waals surface area contributed by atoms with Crippen LogP contribution in [0.1, 0.15) is 11.3 Å². The van der Waals surface area contributed by atoms with E-state index in [1.54, 1.807) is 6.07 Å². The lowest BCUT2D eigenvalue weighted by molar-refractivity contribution is 0.548. The molecule has 0 unspecified atom stereocenters. The van der Waals surface area contributed by atoms with Crippen LogP contribution < -0.4 is 0 Å². The van der Waals surface area contributed by atoms with Gasteiger partial charge in [-0.25, -0.2) is 0 Å². The molecular formula is C12H9NO. The molecule has 68 valence electrons. The predicted octanol–water partition coefficient (Wildman–Crippen LogP) is 3.13. The van der Waals surface area contributed by atoms with E-state index >= 15 is 0 Å². The van der Waals surface area contributed by atoms with E-state index in [4.69, 9.17) is 9.68 Å². The molecule has 0 spiro atoms. The van der Waals surface area contributed by atoms with Crippen molar-refractivity contribution in [3.63, 3.8) is 0 Å². The summed E-state index contributed by atoms with van der Waals surface area (Å²) < 4.78 is 5.47. The molecule has 1 aromatic carbocycles.